The summed E-state index contributed by atoms with van der Waals surface area (Å²) in [4.78, 5) is 14.8. The normalized spacial score (nSPS) is 43.3. The summed E-state index contributed by atoms with van der Waals surface area (Å²) in [5.74, 6) is 0. The van der Waals surface area contributed by atoms with E-state index < -0.39 is 117 Å². The summed E-state index contributed by atoms with van der Waals surface area (Å²) in [6.07, 6.45) is -16.7. The zero-order chi connectivity index (χ0) is 32.3. The van der Waals surface area contributed by atoms with Gasteiger partial charge in [0, 0.05) is 18.3 Å². The van der Waals surface area contributed by atoms with Crippen LogP contribution >= 0.6 is 0 Å². The number of hydrogen-bond acceptors (Lipinski definition) is 18. The molecular formula is C25H38N4O15. The molecule has 3 aliphatic heterocycles. The molecular weight excluding hydrogens is 596 g/mol. The minimum absolute atomic E-state index is 0.180. The molecule has 19 heteroatoms. The van der Waals surface area contributed by atoms with E-state index in [4.69, 9.17) is 35.2 Å². The van der Waals surface area contributed by atoms with Crippen molar-refractivity contribution in [2.45, 2.75) is 91.9 Å². The van der Waals surface area contributed by atoms with Crippen molar-refractivity contribution in [1.82, 2.24) is 0 Å². The number of nitro benzene ring substituents is 1. The Labute approximate surface area is 249 Å². The zero-order valence-electron chi connectivity index (χ0n) is 23.2. The summed E-state index contributed by atoms with van der Waals surface area (Å²) in [5.41, 5.74) is 12.0. The predicted octanol–water partition coefficient (Wildman–Crippen LogP) is -5.61. The standard InChI is InChI=1S/C25H38N4O15/c26-14-19(35)21(12(7-31)40-23(14)37)44-25-16(28-5-9-1-3-10(4-2-9)29(38)39)20(36)22(13(8-32)42-25)43-24-15(27)18(34)17(33)11(6-30)41-24/h1-5,11-25,30-37H,6-8,26-27H2/t11-,12-,13-,14-,15-,16-,17-,18-,19-,20-,21?,22?,23-,24+,25+/m1/s1. The van der Waals surface area contributed by atoms with Crippen LogP contribution < -0.4 is 11.5 Å². The van der Waals surface area contributed by atoms with E-state index in [-0.39, 0.29) is 5.69 Å². The number of nitrogens with two attached hydrogens (primary N) is 2. The lowest BCUT2D eigenvalue weighted by Crippen LogP contribution is -2.67. The predicted molar refractivity (Wildman–Crippen MR) is 144 cm³/mol. The second-order valence-corrected chi connectivity index (χ2v) is 10.6. The number of benzene rings is 1. The molecule has 0 bridgehead atoms. The number of nitro groups is 1. The van der Waals surface area contributed by atoms with Gasteiger partial charge in [-0.3, -0.25) is 15.1 Å². The summed E-state index contributed by atoms with van der Waals surface area (Å²) in [6, 6.07) is 1.09. The average molecular weight is 635 g/mol. The fraction of sp³-hybridized carbons (Fsp3) is 0.720. The van der Waals surface area contributed by atoms with Crippen LogP contribution in [0.1, 0.15) is 5.56 Å². The van der Waals surface area contributed by atoms with E-state index in [2.05, 4.69) is 4.99 Å². The molecule has 1 aromatic carbocycles. The van der Waals surface area contributed by atoms with Gasteiger partial charge in [0.05, 0.1) is 36.8 Å². The summed E-state index contributed by atoms with van der Waals surface area (Å²) < 4.78 is 28.3. The van der Waals surface area contributed by atoms with E-state index in [1.54, 1.807) is 0 Å². The van der Waals surface area contributed by atoms with Gasteiger partial charge >= 0.3 is 0 Å². The van der Waals surface area contributed by atoms with E-state index in [0.29, 0.717) is 5.56 Å². The van der Waals surface area contributed by atoms with E-state index in [1.165, 1.54) is 30.5 Å². The van der Waals surface area contributed by atoms with Gasteiger partial charge < -0.3 is 76.0 Å². The maximum atomic E-state index is 11.5. The van der Waals surface area contributed by atoms with Gasteiger partial charge in [0.2, 0.25) is 0 Å². The van der Waals surface area contributed by atoms with Gasteiger partial charge in [0.15, 0.2) is 18.9 Å². The number of rotatable bonds is 10. The Morgan fingerprint density at radius 1 is 0.773 bits per heavy atom. The van der Waals surface area contributed by atoms with Crippen LogP contribution in [0.5, 0.6) is 0 Å². The Kier molecular flexibility index (Phi) is 11.7. The van der Waals surface area contributed by atoms with Crippen LogP contribution in [-0.4, -0.2) is 164 Å². The quantitative estimate of drug-likeness (QED) is 0.0651. The van der Waals surface area contributed by atoms with Gasteiger partial charge in [-0.2, -0.15) is 0 Å². The molecule has 3 saturated heterocycles. The third-order valence-corrected chi connectivity index (χ3v) is 7.75. The molecule has 12 N–H and O–H groups in total. The highest BCUT2D eigenvalue weighted by molar-refractivity contribution is 5.80. The average Bonchev–Trinajstić information content (AvgIpc) is 3.02. The maximum Gasteiger partial charge on any atom is 0.269 e. The molecule has 248 valence electrons. The third-order valence-electron chi connectivity index (χ3n) is 7.75. The summed E-state index contributed by atoms with van der Waals surface area (Å²) in [7, 11) is 0. The fourth-order valence-corrected chi connectivity index (χ4v) is 5.15. The van der Waals surface area contributed by atoms with Gasteiger partial charge in [-0.25, -0.2) is 0 Å². The van der Waals surface area contributed by atoms with Crippen molar-refractivity contribution in [2.75, 3.05) is 19.8 Å². The lowest BCUT2D eigenvalue weighted by atomic mass is 9.94. The molecule has 3 fully saturated rings. The molecule has 3 aliphatic rings. The molecule has 2 unspecified atom stereocenters. The SMILES string of the molecule is N[C@H]1[C@H](OC2[C@@H](CO)O[C@@H](OC3[C@@H](CO)O[C@@H](O)[C@H](N)[C@H]3O)[C@H](N=Cc3ccc([N+](=O)[O-])cc3)[C@H]2O)O[C@H](CO)[C@@H](O)[C@@H]1O. The smallest absolute Gasteiger partial charge is 0.269 e. The first kappa shape index (κ1) is 34.6. The minimum Gasteiger partial charge on any atom is -0.394 e. The van der Waals surface area contributed by atoms with Gasteiger partial charge in [-0.15, -0.1) is 0 Å². The fourth-order valence-electron chi connectivity index (χ4n) is 5.15. The largest absolute Gasteiger partial charge is 0.394 e. The van der Waals surface area contributed by atoms with E-state index >= 15 is 0 Å². The Bertz CT molecular complexity index is 1110. The monoisotopic (exact) mass is 634 g/mol. The van der Waals surface area contributed by atoms with E-state index in [9.17, 15) is 51.0 Å². The maximum absolute atomic E-state index is 11.5. The van der Waals surface area contributed by atoms with Gasteiger partial charge in [-0.1, -0.05) is 0 Å². The van der Waals surface area contributed by atoms with Crippen molar-refractivity contribution in [2.24, 2.45) is 16.5 Å². The molecule has 0 spiro atoms. The van der Waals surface area contributed by atoms with Crippen molar-refractivity contribution < 1.29 is 69.5 Å². The van der Waals surface area contributed by atoms with Crippen LogP contribution in [0.4, 0.5) is 5.69 Å². The number of nitrogens with zero attached hydrogens (tertiary/aromatic N) is 2. The highest BCUT2D eigenvalue weighted by atomic mass is 16.7. The van der Waals surface area contributed by atoms with Crippen molar-refractivity contribution in [1.29, 1.82) is 0 Å². The summed E-state index contributed by atoms with van der Waals surface area (Å²) in [5, 5.41) is 93.1. The first-order valence-electron chi connectivity index (χ1n) is 13.7. The van der Waals surface area contributed by atoms with Crippen LogP contribution in [0.15, 0.2) is 29.3 Å². The van der Waals surface area contributed by atoms with Crippen molar-refractivity contribution in [3.8, 4) is 0 Å². The molecule has 15 atom stereocenters. The molecule has 44 heavy (non-hydrogen) atoms. The third kappa shape index (κ3) is 7.22. The topological polar surface area (TPSA) is 316 Å². The van der Waals surface area contributed by atoms with Crippen LogP contribution in [-0.2, 0) is 23.7 Å². The highest BCUT2D eigenvalue weighted by Crippen LogP contribution is 2.33. The number of non-ortho nitro benzene ring substituents is 1. The van der Waals surface area contributed by atoms with Crippen LogP contribution in [0.25, 0.3) is 0 Å². The zero-order valence-corrected chi connectivity index (χ0v) is 23.2. The minimum atomic E-state index is -1.69. The Morgan fingerprint density at radius 2 is 1.32 bits per heavy atom. The first-order chi connectivity index (χ1) is 20.9. The lowest BCUT2D eigenvalue weighted by Gasteiger charge is -2.48. The number of ether oxygens (including phenoxy) is 5. The van der Waals surface area contributed by atoms with Crippen molar-refractivity contribution in [3.05, 3.63) is 39.9 Å². The number of aliphatic hydroxyl groups excluding tert-OH is 8. The number of hydrogen-bond donors (Lipinski definition) is 10. The molecule has 0 aliphatic carbocycles. The summed E-state index contributed by atoms with van der Waals surface area (Å²) >= 11 is 0. The first-order valence-corrected chi connectivity index (χ1v) is 13.7. The highest BCUT2D eigenvalue weighted by Gasteiger charge is 2.53. The van der Waals surface area contributed by atoms with Crippen LogP contribution in [0.3, 0.4) is 0 Å². The molecule has 0 radical (unpaired) electrons. The lowest BCUT2D eigenvalue weighted by molar-refractivity contribution is -0.384. The van der Waals surface area contributed by atoms with Crippen molar-refractivity contribution in [3.63, 3.8) is 0 Å². The molecule has 4 rings (SSSR count). The number of aliphatic imine (C=N–C) groups is 1. The number of aliphatic hydroxyl groups is 8. The molecule has 0 saturated carbocycles. The molecule has 0 amide bonds. The van der Waals surface area contributed by atoms with E-state index in [1.807, 2.05) is 0 Å². The molecule has 19 nitrogen and oxygen atoms in total. The van der Waals surface area contributed by atoms with Gasteiger partial charge in [0.25, 0.3) is 5.69 Å². The van der Waals surface area contributed by atoms with E-state index in [0.717, 1.165) is 0 Å². The Balaban J connectivity index is 1.64. The van der Waals surface area contributed by atoms with Crippen molar-refractivity contribution >= 4 is 11.9 Å². The molecule has 1 aromatic rings. The molecule has 0 aromatic heterocycles. The Hall–Kier alpha value is -2.31. The van der Waals surface area contributed by atoms with Gasteiger partial charge in [0.1, 0.15) is 61.0 Å². The molecule has 3 heterocycles. The Morgan fingerprint density at radius 3 is 1.91 bits per heavy atom. The van der Waals surface area contributed by atoms with Gasteiger partial charge in [-0.05, 0) is 17.7 Å². The second kappa shape index (κ2) is 14.9. The summed E-state index contributed by atoms with van der Waals surface area (Å²) in [6.45, 7) is -2.20. The second-order valence-electron chi connectivity index (χ2n) is 10.6. The van der Waals surface area contributed by atoms with Crippen LogP contribution in [0.2, 0.25) is 0 Å². The van der Waals surface area contributed by atoms with Crippen LogP contribution in [0, 0.1) is 10.1 Å².